The van der Waals surface area contributed by atoms with Gasteiger partial charge in [-0.05, 0) is 49.2 Å². The molecule has 5 nitrogen and oxygen atoms in total. The second-order valence-corrected chi connectivity index (χ2v) is 8.56. The molecule has 0 spiro atoms. The van der Waals surface area contributed by atoms with Gasteiger partial charge in [-0.25, -0.2) is 9.79 Å². The molecule has 3 aromatic rings. The van der Waals surface area contributed by atoms with Gasteiger partial charge in [-0.2, -0.15) is 0 Å². The third kappa shape index (κ3) is 5.41. The van der Waals surface area contributed by atoms with E-state index in [-0.39, 0.29) is 11.8 Å². The van der Waals surface area contributed by atoms with Crippen molar-refractivity contribution in [1.82, 2.24) is 0 Å². The molecule has 0 atom stereocenters. The quantitative estimate of drug-likeness (QED) is 0.464. The highest BCUT2D eigenvalue weighted by Crippen LogP contribution is 2.33. The van der Waals surface area contributed by atoms with Crippen molar-refractivity contribution in [3.05, 3.63) is 89.0 Å². The van der Waals surface area contributed by atoms with Crippen LogP contribution in [0.25, 0.3) is 0 Å². The van der Waals surface area contributed by atoms with Gasteiger partial charge in [0.15, 0.2) is 5.78 Å². The van der Waals surface area contributed by atoms with E-state index in [1.54, 1.807) is 36.0 Å². The Morgan fingerprint density at radius 3 is 2.45 bits per heavy atom. The van der Waals surface area contributed by atoms with Gasteiger partial charge in [-0.1, -0.05) is 48.0 Å². The number of ketones is 1. The predicted octanol–water partition coefficient (Wildman–Crippen LogP) is 6.36. The number of nitrogens with one attached hydrogen (secondary N) is 2. The maximum atomic E-state index is 12.4. The van der Waals surface area contributed by atoms with E-state index in [0.717, 1.165) is 28.5 Å². The van der Waals surface area contributed by atoms with Gasteiger partial charge in [0, 0.05) is 29.1 Å². The van der Waals surface area contributed by atoms with Crippen molar-refractivity contribution in [2.75, 3.05) is 10.6 Å². The van der Waals surface area contributed by atoms with Crippen molar-refractivity contribution in [1.29, 1.82) is 0 Å². The molecule has 0 unspecified atom stereocenters. The Labute approximate surface area is 186 Å². The van der Waals surface area contributed by atoms with E-state index in [9.17, 15) is 9.59 Å². The number of anilines is 2. The minimum Gasteiger partial charge on any atom is -0.308 e. The molecule has 0 radical (unpaired) electrons. The van der Waals surface area contributed by atoms with Crippen LogP contribution in [0.4, 0.5) is 21.9 Å². The van der Waals surface area contributed by atoms with E-state index in [1.165, 1.54) is 18.1 Å². The van der Waals surface area contributed by atoms with Gasteiger partial charge in [0.25, 0.3) is 0 Å². The Morgan fingerprint density at radius 1 is 0.968 bits per heavy atom. The summed E-state index contributed by atoms with van der Waals surface area (Å²) in [6.07, 6.45) is 0.816. The van der Waals surface area contributed by atoms with E-state index in [0.29, 0.717) is 16.9 Å². The molecule has 3 aromatic carbocycles. The number of urea groups is 1. The van der Waals surface area contributed by atoms with Crippen LogP contribution in [0.1, 0.15) is 34.0 Å². The summed E-state index contributed by atoms with van der Waals surface area (Å²) in [4.78, 5) is 28.6. The zero-order valence-corrected chi connectivity index (χ0v) is 18.3. The molecule has 1 heterocycles. The molecule has 0 aliphatic carbocycles. The number of Topliss-reactive ketones (excluding diaryl/α,β-unsaturated/α-hetero) is 1. The molecule has 4 rings (SSSR count). The number of rotatable bonds is 5. The first-order chi connectivity index (χ1) is 15.0. The number of benzene rings is 3. The lowest BCUT2D eigenvalue weighted by Gasteiger charge is -2.09. The lowest BCUT2D eigenvalue weighted by Crippen LogP contribution is -2.19. The van der Waals surface area contributed by atoms with Crippen LogP contribution < -0.4 is 10.6 Å². The lowest BCUT2D eigenvalue weighted by molar-refractivity contribution is 0.101. The van der Waals surface area contributed by atoms with Crippen LogP contribution in [0.15, 0.2) is 71.7 Å². The molecule has 0 aromatic heterocycles. The van der Waals surface area contributed by atoms with Gasteiger partial charge in [0.1, 0.15) is 0 Å². The monoisotopic (exact) mass is 429 g/mol. The number of amides is 2. The van der Waals surface area contributed by atoms with Crippen molar-refractivity contribution in [3.8, 4) is 0 Å². The number of carbonyl (C=O) groups excluding carboxylic acids is 2. The van der Waals surface area contributed by atoms with Crippen molar-refractivity contribution in [3.63, 3.8) is 0 Å². The average Bonchev–Trinajstić information content (AvgIpc) is 3.15. The molecule has 0 bridgehead atoms. The molecule has 0 saturated heterocycles. The van der Waals surface area contributed by atoms with Crippen molar-refractivity contribution >= 4 is 45.7 Å². The maximum absolute atomic E-state index is 12.4. The molecule has 6 heteroatoms. The minimum absolute atomic E-state index is 0.0448. The Bertz CT molecular complexity index is 1170. The van der Waals surface area contributed by atoms with Crippen LogP contribution in [0.5, 0.6) is 0 Å². The van der Waals surface area contributed by atoms with Gasteiger partial charge >= 0.3 is 6.03 Å². The zero-order valence-electron chi connectivity index (χ0n) is 17.4. The highest BCUT2D eigenvalue weighted by Gasteiger charge is 2.16. The number of fused-ring (bicyclic) bond motifs is 1. The smallest absolute Gasteiger partial charge is 0.308 e. The number of aryl methyl sites for hydroxylation is 1. The van der Waals surface area contributed by atoms with E-state index in [1.807, 2.05) is 18.2 Å². The summed E-state index contributed by atoms with van der Waals surface area (Å²) in [7, 11) is 0. The minimum atomic E-state index is -0.364. The Morgan fingerprint density at radius 2 is 1.71 bits per heavy atom. The number of nitrogens with zero attached hydrogens (tertiary/aromatic N) is 1. The number of hydrogen-bond acceptors (Lipinski definition) is 4. The normalized spacial score (nSPS) is 12.1. The Hall–Kier alpha value is -3.38. The Kier molecular flexibility index (Phi) is 6.18. The van der Waals surface area contributed by atoms with Crippen LogP contribution in [0, 0.1) is 6.92 Å². The molecule has 0 saturated carbocycles. The summed E-state index contributed by atoms with van der Waals surface area (Å²) in [5.74, 6) is 0.844. The predicted molar refractivity (Wildman–Crippen MR) is 129 cm³/mol. The summed E-state index contributed by atoms with van der Waals surface area (Å²) >= 11 is 1.75. The van der Waals surface area contributed by atoms with E-state index >= 15 is 0 Å². The van der Waals surface area contributed by atoms with E-state index in [2.05, 4.69) is 41.8 Å². The van der Waals surface area contributed by atoms with E-state index in [4.69, 9.17) is 4.99 Å². The van der Waals surface area contributed by atoms with Crippen LogP contribution in [-0.4, -0.2) is 16.9 Å². The third-order valence-electron chi connectivity index (χ3n) is 4.98. The zero-order chi connectivity index (χ0) is 21.8. The molecule has 2 amide bonds. The molecule has 31 heavy (non-hydrogen) atoms. The van der Waals surface area contributed by atoms with Gasteiger partial charge in [0.2, 0.25) is 0 Å². The fraction of sp³-hybridized carbons (Fsp3) is 0.160. The fourth-order valence-electron chi connectivity index (χ4n) is 3.28. The number of hydrogen-bond donors (Lipinski definition) is 2. The highest BCUT2D eigenvalue weighted by atomic mass is 32.2. The topological polar surface area (TPSA) is 70.6 Å². The molecule has 1 aliphatic rings. The third-order valence-corrected chi connectivity index (χ3v) is 6.03. The fourth-order valence-corrected chi connectivity index (χ4v) is 4.22. The largest absolute Gasteiger partial charge is 0.323 e. The molecule has 2 N–H and O–H groups in total. The lowest BCUT2D eigenvalue weighted by atomic mass is 10.1. The first kappa shape index (κ1) is 20.9. The van der Waals surface area contributed by atoms with Gasteiger partial charge < -0.3 is 10.6 Å². The summed E-state index contributed by atoms with van der Waals surface area (Å²) < 4.78 is 0. The van der Waals surface area contributed by atoms with Gasteiger partial charge in [-0.3, -0.25) is 4.79 Å². The van der Waals surface area contributed by atoms with Crippen LogP contribution >= 0.6 is 11.8 Å². The summed E-state index contributed by atoms with van der Waals surface area (Å²) in [5.41, 5.74) is 6.39. The maximum Gasteiger partial charge on any atom is 0.323 e. The Balaban J connectivity index is 1.37. The molecular weight excluding hydrogens is 406 g/mol. The second-order valence-electron chi connectivity index (χ2n) is 7.52. The van der Waals surface area contributed by atoms with Crippen LogP contribution in [0.2, 0.25) is 0 Å². The number of carbonyl (C=O) groups is 2. The standard InChI is InChI=1S/C25H23N3O2S/c1-16-6-8-18(9-7-16)15-31-24-13-20-10-11-22(14-23(20)28-24)27-25(30)26-21-5-3-4-19(12-21)17(2)29/h3-12,14H,13,15H2,1-2H3,(H2,26,27,30). The second kappa shape index (κ2) is 9.18. The summed E-state index contributed by atoms with van der Waals surface area (Å²) in [5, 5.41) is 6.68. The van der Waals surface area contributed by atoms with E-state index < -0.39 is 0 Å². The van der Waals surface area contributed by atoms with Crippen molar-refractivity contribution in [2.45, 2.75) is 26.0 Å². The average molecular weight is 430 g/mol. The van der Waals surface area contributed by atoms with Crippen molar-refractivity contribution < 1.29 is 9.59 Å². The summed E-state index contributed by atoms with van der Waals surface area (Å²) in [6, 6.07) is 20.8. The molecule has 1 aliphatic heterocycles. The van der Waals surface area contributed by atoms with Gasteiger partial charge in [-0.15, -0.1) is 11.8 Å². The molecule has 0 fully saturated rings. The molecular formula is C25H23N3O2S. The van der Waals surface area contributed by atoms with Crippen molar-refractivity contribution in [2.24, 2.45) is 4.99 Å². The van der Waals surface area contributed by atoms with Crippen LogP contribution in [-0.2, 0) is 12.2 Å². The first-order valence-corrected chi connectivity index (χ1v) is 11.0. The summed E-state index contributed by atoms with van der Waals surface area (Å²) in [6.45, 7) is 3.58. The highest BCUT2D eigenvalue weighted by molar-refractivity contribution is 8.13. The molecule has 156 valence electrons. The number of aliphatic imine (C=N–C) groups is 1. The first-order valence-electron chi connectivity index (χ1n) is 10.0. The number of thioether (sulfide) groups is 1. The van der Waals surface area contributed by atoms with Gasteiger partial charge in [0.05, 0.1) is 10.7 Å². The SMILES string of the molecule is CC(=O)c1cccc(NC(=O)Nc2ccc3c(c2)N=C(SCc2ccc(C)cc2)C3)c1. The van der Waals surface area contributed by atoms with Crippen LogP contribution in [0.3, 0.4) is 0 Å².